The van der Waals surface area contributed by atoms with E-state index < -0.39 is 9.84 Å². The molecule has 114 valence electrons. The SMILES string of the molecule is CCCNC(CCc1cccs1)CC1CCS(=O)(=O)C1. The van der Waals surface area contributed by atoms with E-state index >= 15 is 0 Å². The number of rotatable bonds is 8. The topological polar surface area (TPSA) is 46.2 Å². The summed E-state index contributed by atoms with van der Waals surface area (Å²) in [7, 11) is -2.75. The van der Waals surface area contributed by atoms with Crippen molar-refractivity contribution in [3.8, 4) is 0 Å². The Kier molecular flexibility index (Phi) is 6.05. The monoisotopic (exact) mass is 315 g/mol. The van der Waals surface area contributed by atoms with Gasteiger partial charge in [-0.1, -0.05) is 13.0 Å². The molecule has 5 heteroatoms. The quantitative estimate of drug-likeness (QED) is 0.802. The van der Waals surface area contributed by atoms with Gasteiger partial charge < -0.3 is 5.32 Å². The molecule has 1 aromatic rings. The molecule has 1 fully saturated rings. The Hall–Kier alpha value is -0.390. The molecule has 1 saturated heterocycles. The Morgan fingerprint density at radius 1 is 1.50 bits per heavy atom. The van der Waals surface area contributed by atoms with Crippen LogP contribution in [0.1, 0.15) is 37.5 Å². The smallest absolute Gasteiger partial charge is 0.150 e. The van der Waals surface area contributed by atoms with Gasteiger partial charge in [0.2, 0.25) is 0 Å². The molecule has 1 aliphatic rings. The van der Waals surface area contributed by atoms with E-state index in [0.29, 0.717) is 23.5 Å². The zero-order valence-corrected chi connectivity index (χ0v) is 13.8. The molecule has 1 N–H and O–H groups in total. The van der Waals surface area contributed by atoms with Crippen molar-refractivity contribution in [1.29, 1.82) is 0 Å². The van der Waals surface area contributed by atoms with Crippen LogP contribution in [0, 0.1) is 5.92 Å². The van der Waals surface area contributed by atoms with E-state index in [1.54, 1.807) is 0 Å². The van der Waals surface area contributed by atoms with Gasteiger partial charge in [0.05, 0.1) is 11.5 Å². The fraction of sp³-hybridized carbons (Fsp3) is 0.733. The molecule has 1 aliphatic heterocycles. The van der Waals surface area contributed by atoms with Crippen molar-refractivity contribution in [2.24, 2.45) is 5.92 Å². The van der Waals surface area contributed by atoms with Gasteiger partial charge in [-0.2, -0.15) is 0 Å². The molecule has 2 heterocycles. The molecule has 0 amide bonds. The second kappa shape index (κ2) is 7.57. The van der Waals surface area contributed by atoms with Crippen LogP contribution in [-0.2, 0) is 16.3 Å². The van der Waals surface area contributed by atoms with Crippen LogP contribution < -0.4 is 5.32 Å². The molecular formula is C15H25NO2S2. The zero-order chi connectivity index (χ0) is 14.4. The minimum absolute atomic E-state index is 0.359. The summed E-state index contributed by atoms with van der Waals surface area (Å²) in [6.07, 6.45) is 5.18. The Labute approximate surface area is 126 Å². The summed E-state index contributed by atoms with van der Waals surface area (Å²) >= 11 is 1.81. The third-order valence-electron chi connectivity index (χ3n) is 3.95. The highest BCUT2D eigenvalue weighted by Crippen LogP contribution is 2.24. The van der Waals surface area contributed by atoms with Crippen molar-refractivity contribution in [3.63, 3.8) is 0 Å². The number of sulfone groups is 1. The molecule has 2 rings (SSSR count). The van der Waals surface area contributed by atoms with E-state index in [4.69, 9.17) is 0 Å². The molecule has 3 nitrogen and oxygen atoms in total. The molecule has 1 aromatic heterocycles. The highest BCUT2D eigenvalue weighted by Gasteiger charge is 2.29. The highest BCUT2D eigenvalue weighted by molar-refractivity contribution is 7.91. The molecule has 0 radical (unpaired) electrons. The molecule has 0 aliphatic carbocycles. The lowest BCUT2D eigenvalue weighted by Gasteiger charge is -2.21. The van der Waals surface area contributed by atoms with E-state index in [1.807, 2.05) is 11.3 Å². The lowest BCUT2D eigenvalue weighted by molar-refractivity contribution is 0.387. The van der Waals surface area contributed by atoms with Crippen LogP contribution in [0.5, 0.6) is 0 Å². The second-order valence-electron chi connectivity index (χ2n) is 5.77. The Balaban J connectivity index is 1.83. The molecular weight excluding hydrogens is 290 g/mol. The van der Waals surface area contributed by atoms with Gasteiger partial charge in [-0.05, 0) is 56.0 Å². The fourth-order valence-corrected chi connectivity index (χ4v) is 5.49. The Morgan fingerprint density at radius 2 is 2.35 bits per heavy atom. The maximum absolute atomic E-state index is 11.6. The Morgan fingerprint density at radius 3 is 2.95 bits per heavy atom. The molecule has 0 aromatic carbocycles. The first kappa shape index (κ1) is 16.0. The summed E-state index contributed by atoms with van der Waals surface area (Å²) in [6, 6.07) is 4.73. The first-order chi connectivity index (χ1) is 9.59. The van der Waals surface area contributed by atoms with Crippen molar-refractivity contribution in [2.45, 2.75) is 45.1 Å². The maximum Gasteiger partial charge on any atom is 0.150 e. The number of nitrogens with one attached hydrogen (secondary N) is 1. The van der Waals surface area contributed by atoms with E-state index in [0.717, 1.165) is 38.6 Å². The first-order valence-corrected chi connectivity index (χ1v) is 10.3. The Bertz CT molecular complexity index is 482. The van der Waals surface area contributed by atoms with Gasteiger partial charge in [-0.25, -0.2) is 8.42 Å². The molecule has 0 spiro atoms. The summed E-state index contributed by atoms with van der Waals surface area (Å²) < 4.78 is 23.1. The van der Waals surface area contributed by atoms with Gasteiger partial charge in [0, 0.05) is 10.9 Å². The van der Waals surface area contributed by atoms with Gasteiger partial charge in [0.15, 0.2) is 9.84 Å². The predicted molar refractivity (Wildman–Crippen MR) is 86.1 cm³/mol. The molecule has 2 unspecified atom stereocenters. The van der Waals surface area contributed by atoms with Gasteiger partial charge in [0.25, 0.3) is 0 Å². The van der Waals surface area contributed by atoms with Crippen LogP contribution in [-0.4, -0.2) is 32.5 Å². The number of aryl methyl sites for hydroxylation is 1. The third-order valence-corrected chi connectivity index (χ3v) is 6.72. The number of hydrogen-bond donors (Lipinski definition) is 1. The summed E-state index contributed by atoms with van der Waals surface area (Å²) in [6.45, 7) is 3.19. The van der Waals surface area contributed by atoms with Crippen molar-refractivity contribution in [3.05, 3.63) is 22.4 Å². The van der Waals surface area contributed by atoms with Crippen molar-refractivity contribution >= 4 is 21.2 Å². The van der Waals surface area contributed by atoms with Crippen LogP contribution >= 0.6 is 11.3 Å². The summed E-state index contributed by atoms with van der Waals surface area (Å²) in [4.78, 5) is 1.42. The molecule has 2 atom stereocenters. The van der Waals surface area contributed by atoms with Gasteiger partial charge in [0.1, 0.15) is 0 Å². The molecule has 0 bridgehead atoms. The lowest BCUT2D eigenvalue weighted by Crippen LogP contribution is -2.32. The van der Waals surface area contributed by atoms with Crippen LogP contribution in [0.2, 0.25) is 0 Å². The average molecular weight is 316 g/mol. The van der Waals surface area contributed by atoms with Crippen molar-refractivity contribution < 1.29 is 8.42 Å². The van der Waals surface area contributed by atoms with Gasteiger partial charge in [-0.15, -0.1) is 11.3 Å². The van der Waals surface area contributed by atoms with Crippen molar-refractivity contribution in [2.75, 3.05) is 18.1 Å². The largest absolute Gasteiger partial charge is 0.314 e. The van der Waals surface area contributed by atoms with E-state index in [1.165, 1.54) is 4.88 Å². The fourth-order valence-electron chi connectivity index (χ4n) is 2.88. The summed E-state index contributed by atoms with van der Waals surface area (Å²) in [5.41, 5.74) is 0. The van der Waals surface area contributed by atoms with Gasteiger partial charge >= 0.3 is 0 Å². The molecule has 0 saturated carbocycles. The standard InChI is InChI=1S/C15H25NO2S2/c1-2-8-16-14(5-6-15-4-3-9-19-15)11-13-7-10-20(17,18)12-13/h3-4,9,13-14,16H,2,5-8,10-12H2,1H3. The lowest BCUT2D eigenvalue weighted by atomic mass is 9.96. The zero-order valence-electron chi connectivity index (χ0n) is 12.2. The summed E-state index contributed by atoms with van der Waals surface area (Å²) in [5, 5.41) is 5.71. The van der Waals surface area contributed by atoms with E-state index in [-0.39, 0.29) is 0 Å². The van der Waals surface area contributed by atoms with Gasteiger partial charge in [-0.3, -0.25) is 0 Å². The van der Waals surface area contributed by atoms with E-state index in [9.17, 15) is 8.42 Å². The summed E-state index contributed by atoms with van der Waals surface area (Å²) in [5.74, 6) is 1.15. The number of thiophene rings is 1. The van der Waals surface area contributed by atoms with Crippen LogP contribution in [0.4, 0.5) is 0 Å². The van der Waals surface area contributed by atoms with Crippen LogP contribution in [0.25, 0.3) is 0 Å². The second-order valence-corrected chi connectivity index (χ2v) is 9.03. The van der Waals surface area contributed by atoms with E-state index in [2.05, 4.69) is 29.8 Å². The normalized spacial score (nSPS) is 22.9. The minimum Gasteiger partial charge on any atom is -0.314 e. The van der Waals surface area contributed by atoms with Crippen molar-refractivity contribution in [1.82, 2.24) is 5.32 Å². The highest BCUT2D eigenvalue weighted by atomic mass is 32.2. The maximum atomic E-state index is 11.6. The predicted octanol–water partition coefficient (Wildman–Crippen LogP) is 2.87. The molecule has 20 heavy (non-hydrogen) atoms. The number of hydrogen-bond acceptors (Lipinski definition) is 4. The minimum atomic E-state index is -2.75. The average Bonchev–Trinajstić information content (AvgIpc) is 3.02. The first-order valence-electron chi connectivity index (χ1n) is 7.55. The van der Waals surface area contributed by atoms with Crippen LogP contribution in [0.15, 0.2) is 17.5 Å². The third kappa shape index (κ3) is 5.19. The van der Waals surface area contributed by atoms with Crippen LogP contribution in [0.3, 0.4) is 0 Å².